The van der Waals surface area contributed by atoms with Gasteiger partial charge in [0.25, 0.3) is 0 Å². The van der Waals surface area contributed by atoms with E-state index in [1.54, 1.807) is 39.8 Å². The predicted molar refractivity (Wildman–Crippen MR) is 240 cm³/mol. The molecule has 0 spiro atoms. The summed E-state index contributed by atoms with van der Waals surface area (Å²) in [6.45, 7) is 8.46. The Morgan fingerprint density at radius 2 is 1.28 bits per heavy atom. The van der Waals surface area contributed by atoms with Gasteiger partial charge >= 0.3 is 0 Å². The topological polar surface area (TPSA) is 96.3 Å². The fourth-order valence-electron chi connectivity index (χ4n) is 7.89. The van der Waals surface area contributed by atoms with E-state index in [1.165, 1.54) is 76.1 Å². The number of unbranched alkanes of at least 4 members (excludes halogenated alkanes) is 6. The Bertz CT molecular complexity index is 2090. The van der Waals surface area contributed by atoms with Crippen LogP contribution in [0.25, 0.3) is 20.8 Å². The number of nitrogens with zero attached hydrogens (tertiary/aromatic N) is 4. The molecule has 0 N–H and O–H groups in total. The minimum Gasteiger partial charge on any atom is -0.494 e. The number of piperazine rings is 1. The standard InChI is InChI=1S/C48H60N4O7S/c1-53-41-21-20-35(42-34-40(50-59-42)37-32-44(54-2)47(56-4)45(33-37)55-3)31-43(41)58-29-14-8-6-12-23-52-26-24-51(25-27-52)22-11-5-7-13-28-57-38-17-15-16-36(30-38)48-49-39-18-9-10-19-46(39)60-48/h9-10,15-21,30-33,42H,5-8,11-14,22-29,34H2,1-4H3. The van der Waals surface area contributed by atoms with E-state index < -0.39 is 0 Å². The first-order chi connectivity index (χ1) is 29.5. The summed E-state index contributed by atoms with van der Waals surface area (Å²) >= 11 is 1.73. The van der Waals surface area contributed by atoms with Gasteiger partial charge in [0.15, 0.2) is 29.1 Å². The molecule has 320 valence electrons. The smallest absolute Gasteiger partial charge is 0.203 e. The third kappa shape index (κ3) is 11.4. The van der Waals surface area contributed by atoms with Crippen LogP contribution >= 0.6 is 11.3 Å². The van der Waals surface area contributed by atoms with Crippen LogP contribution in [0.4, 0.5) is 0 Å². The highest BCUT2D eigenvalue weighted by Crippen LogP contribution is 2.41. The fraction of sp³-hybridized carbons (Fsp3) is 0.458. The summed E-state index contributed by atoms with van der Waals surface area (Å²) in [6, 6.07) is 26.4. The Balaban J connectivity index is 0.723. The summed E-state index contributed by atoms with van der Waals surface area (Å²) in [5.41, 5.74) is 4.83. The normalized spacial score (nSPS) is 15.7. The molecule has 3 heterocycles. The zero-order chi connectivity index (χ0) is 41.5. The van der Waals surface area contributed by atoms with Crippen LogP contribution in [0.5, 0.6) is 34.5 Å². The number of benzene rings is 4. The summed E-state index contributed by atoms with van der Waals surface area (Å²) in [6.07, 6.45) is 9.72. The fourth-order valence-corrected chi connectivity index (χ4v) is 8.85. The van der Waals surface area contributed by atoms with Crippen molar-refractivity contribution in [2.75, 3.05) is 80.9 Å². The van der Waals surface area contributed by atoms with Crippen molar-refractivity contribution in [2.45, 2.75) is 63.9 Å². The summed E-state index contributed by atoms with van der Waals surface area (Å²) < 4.78 is 35.8. The molecule has 1 fully saturated rings. The van der Waals surface area contributed by atoms with Crippen molar-refractivity contribution in [3.63, 3.8) is 0 Å². The van der Waals surface area contributed by atoms with E-state index >= 15 is 0 Å². The number of hydrogen-bond donors (Lipinski definition) is 0. The number of aromatic nitrogens is 1. The summed E-state index contributed by atoms with van der Waals surface area (Å²) in [7, 11) is 6.47. The number of hydrogen-bond acceptors (Lipinski definition) is 12. The molecule has 5 aromatic rings. The second kappa shape index (κ2) is 22.0. The van der Waals surface area contributed by atoms with Crippen LogP contribution in [-0.4, -0.2) is 101 Å². The summed E-state index contributed by atoms with van der Waals surface area (Å²) in [4.78, 5) is 16.0. The maximum atomic E-state index is 6.25. The quantitative estimate of drug-likeness (QED) is 0.0592. The van der Waals surface area contributed by atoms with Gasteiger partial charge in [-0.05, 0) is 92.9 Å². The highest BCUT2D eigenvalue weighted by atomic mass is 32.1. The maximum Gasteiger partial charge on any atom is 0.203 e. The molecule has 1 unspecified atom stereocenters. The molecule has 2 aliphatic heterocycles. The van der Waals surface area contributed by atoms with Gasteiger partial charge in [0.2, 0.25) is 5.75 Å². The number of fused-ring (bicyclic) bond motifs is 1. The number of rotatable bonds is 23. The Hall–Kier alpha value is -5.04. The van der Waals surface area contributed by atoms with E-state index in [4.69, 9.17) is 38.2 Å². The van der Waals surface area contributed by atoms with Crippen LogP contribution in [-0.2, 0) is 4.84 Å². The largest absolute Gasteiger partial charge is 0.494 e. The Morgan fingerprint density at radius 3 is 1.95 bits per heavy atom. The first-order valence-electron chi connectivity index (χ1n) is 21.4. The molecular weight excluding hydrogens is 777 g/mol. The van der Waals surface area contributed by atoms with Gasteiger partial charge in [-0.15, -0.1) is 11.3 Å². The van der Waals surface area contributed by atoms with Crippen LogP contribution in [0, 0.1) is 0 Å². The lowest BCUT2D eigenvalue weighted by Crippen LogP contribution is -2.46. The molecule has 7 rings (SSSR count). The molecule has 1 saturated heterocycles. The zero-order valence-electron chi connectivity index (χ0n) is 35.7. The van der Waals surface area contributed by atoms with E-state index in [0.717, 1.165) is 70.3 Å². The summed E-state index contributed by atoms with van der Waals surface area (Å²) in [5.74, 6) is 4.07. The Morgan fingerprint density at radius 1 is 0.617 bits per heavy atom. The van der Waals surface area contributed by atoms with Crippen molar-refractivity contribution in [3.05, 3.63) is 90.0 Å². The van der Waals surface area contributed by atoms with Crippen LogP contribution < -0.4 is 28.4 Å². The van der Waals surface area contributed by atoms with Crippen molar-refractivity contribution >= 4 is 27.3 Å². The molecule has 12 heteroatoms. The highest BCUT2D eigenvalue weighted by molar-refractivity contribution is 7.21. The molecular formula is C48H60N4O7S. The molecule has 4 aromatic carbocycles. The first-order valence-corrected chi connectivity index (χ1v) is 22.2. The van der Waals surface area contributed by atoms with Gasteiger partial charge in [0, 0.05) is 43.7 Å². The van der Waals surface area contributed by atoms with Gasteiger partial charge in [-0.3, -0.25) is 0 Å². The lowest BCUT2D eigenvalue weighted by atomic mass is 9.99. The van der Waals surface area contributed by atoms with E-state index in [2.05, 4.69) is 51.4 Å². The number of para-hydroxylation sites is 1. The van der Waals surface area contributed by atoms with E-state index in [1.807, 2.05) is 42.5 Å². The molecule has 60 heavy (non-hydrogen) atoms. The van der Waals surface area contributed by atoms with Crippen LogP contribution in [0.3, 0.4) is 0 Å². The minimum atomic E-state index is -0.238. The molecule has 0 radical (unpaired) electrons. The number of oxime groups is 1. The second-order valence-electron chi connectivity index (χ2n) is 15.4. The van der Waals surface area contributed by atoms with Gasteiger partial charge < -0.3 is 43.1 Å². The molecule has 0 aliphatic carbocycles. The maximum absolute atomic E-state index is 6.25. The van der Waals surface area contributed by atoms with Gasteiger partial charge in [0.1, 0.15) is 10.8 Å². The van der Waals surface area contributed by atoms with Crippen molar-refractivity contribution < 1.29 is 33.3 Å². The van der Waals surface area contributed by atoms with Crippen molar-refractivity contribution in [2.24, 2.45) is 5.16 Å². The molecule has 0 saturated carbocycles. The molecule has 0 bridgehead atoms. The van der Waals surface area contributed by atoms with E-state index in [9.17, 15) is 0 Å². The average Bonchev–Trinajstić information content (AvgIpc) is 3.97. The summed E-state index contributed by atoms with van der Waals surface area (Å²) in [5, 5.41) is 5.45. The van der Waals surface area contributed by atoms with Crippen molar-refractivity contribution in [1.82, 2.24) is 14.8 Å². The number of methoxy groups -OCH3 is 4. The lowest BCUT2D eigenvalue weighted by Gasteiger charge is -2.34. The van der Waals surface area contributed by atoms with Crippen LogP contribution in [0.2, 0.25) is 0 Å². The SMILES string of the molecule is COc1ccc(C2CC(c3cc(OC)c(OC)c(OC)c3)=NO2)cc1OCCCCCCN1CCN(CCCCCCOc2cccc(-c3nc4ccccc4s3)c2)CC1. The molecule has 0 amide bonds. The molecule has 1 aromatic heterocycles. The van der Waals surface area contributed by atoms with Gasteiger partial charge in [-0.1, -0.05) is 61.2 Å². The van der Waals surface area contributed by atoms with E-state index in [-0.39, 0.29) is 6.10 Å². The third-order valence-corrected chi connectivity index (χ3v) is 12.4. The van der Waals surface area contributed by atoms with Crippen molar-refractivity contribution in [3.8, 4) is 45.1 Å². The van der Waals surface area contributed by atoms with Crippen LogP contribution in [0.15, 0.2) is 84.0 Å². The molecule has 11 nitrogen and oxygen atoms in total. The Kier molecular flexibility index (Phi) is 15.8. The lowest BCUT2D eigenvalue weighted by molar-refractivity contribution is 0.0854. The van der Waals surface area contributed by atoms with Crippen LogP contribution in [0.1, 0.15) is 75.0 Å². The van der Waals surface area contributed by atoms with E-state index in [0.29, 0.717) is 36.0 Å². The number of thiazole rings is 1. The number of ether oxygens (including phenoxy) is 6. The minimum absolute atomic E-state index is 0.238. The second-order valence-corrected chi connectivity index (χ2v) is 16.4. The first kappa shape index (κ1) is 43.1. The van der Waals surface area contributed by atoms with Gasteiger partial charge in [-0.2, -0.15) is 0 Å². The monoisotopic (exact) mass is 836 g/mol. The molecule has 1 atom stereocenters. The highest BCUT2D eigenvalue weighted by Gasteiger charge is 2.27. The Labute approximate surface area is 359 Å². The van der Waals surface area contributed by atoms with Crippen molar-refractivity contribution in [1.29, 1.82) is 0 Å². The van der Waals surface area contributed by atoms with Gasteiger partial charge in [-0.25, -0.2) is 4.98 Å². The molecule has 2 aliphatic rings. The predicted octanol–water partition coefficient (Wildman–Crippen LogP) is 10.1. The average molecular weight is 837 g/mol. The van der Waals surface area contributed by atoms with Gasteiger partial charge in [0.05, 0.1) is 57.6 Å². The third-order valence-electron chi connectivity index (χ3n) is 11.3. The zero-order valence-corrected chi connectivity index (χ0v) is 36.5.